The molecular weight excluding hydrogens is 338 g/mol. The van der Waals surface area contributed by atoms with E-state index in [1.54, 1.807) is 7.05 Å². The molecule has 2 aliphatic rings. The molecule has 2 saturated heterocycles. The quantitative estimate of drug-likeness (QED) is 0.705. The van der Waals surface area contributed by atoms with Gasteiger partial charge in [-0.05, 0) is 0 Å². The van der Waals surface area contributed by atoms with Crippen molar-refractivity contribution < 1.29 is 19.4 Å². The summed E-state index contributed by atoms with van der Waals surface area (Å²) < 4.78 is 0. The third kappa shape index (κ3) is 3.53. The molecule has 2 amide bonds. The number of amides is 2. The molecule has 0 aromatic heterocycles. The van der Waals surface area contributed by atoms with Crippen molar-refractivity contribution in [1.29, 1.82) is 0 Å². The van der Waals surface area contributed by atoms with Gasteiger partial charge in [-0.3, -0.25) is 14.5 Å². The summed E-state index contributed by atoms with van der Waals surface area (Å²) >= 11 is 0. The van der Waals surface area contributed by atoms with Crippen LogP contribution in [0.25, 0.3) is 0 Å². The van der Waals surface area contributed by atoms with Gasteiger partial charge in [0.15, 0.2) is 6.04 Å². The van der Waals surface area contributed by atoms with Crippen LogP contribution in [0.4, 0.5) is 0 Å². The lowest BCUT2D eigenvalue weighted by atomic mass is 9.96. The summed E-state index contributed by atoms with van der Waals surface area (Å²) in [4.78, 5) is 28.3. The average Bonchev–Trinajstić information content (AvgIpc) is 2.98. The summed E-state index contributed by atoms with van der Waals surface area (Å²) in [7, 11) is 1.60. The molecule has 2 fully saturated rings. The normalized spacial score (nSPS) is 26.0. The summed E-state index contributed by atoms with van der Waals surface area (Å²) in [6.07, 6.45) is 0.362. The molecule has 0 spiro atoms. The standard InChI is InChI=1S/C22H25N3O2/c1-23-20(26)16-19(22(23)27)24-12-14-25(15-13-24)21(17-8-4-2-5-9-17)18-10-6-3-7-11-18/h2-11,19,21H,12-16H2,1H3/p+2/t19-/m0/s1. The molecule has 2 aromatic rings. The monoisotopic (exact) mass is 365 g/mol. The average molecular weight is 365 g/mol. The number of carbonyl (C=O) groups excluding carboxylic acids is 2. The van der Waals surface area contributed by atoms with Gasteiger partial charge in [0, 0.05) is 18.2 Å². The zero-order valence-corrected chi connectivity index (χ0v) is 15.7. The number of nitrogens with zero attached hydrogens (tertiary/aromatic N) is 1. The van der Waals surface area contributed by atoms with Crippen molar-refractivity contribution in [2.24, 2.45) is 0 Å². The SMILES string of the molecule is CN1C(=O)C[C@H]([NH+]2CC[NH+](C(c3ccccc3)c3ccccc3)CC2)C1=O. The van der Waals surface area contributed by atoms with Crippen molar-refractivity contribution in [3.63, 3.8) is 0 Å². The van der Waals surface area contributed by atoms with Crippen molar-refractivity contribution in [1.82, 2.24) is 4.90 Å². The van der Waals surface area contributed by atoms with E-state index in [1.807, 2.05) is 0 Å². The highest BCUT2D eigenvalue weighted by molar-refractivity contribution is 6.04. The van der Waals surface area contributed by atoms with Gasteiger partial charge < -0.3 is 9.80 Å². The number of hydrogen-bond donors (Lipinski definition) is 2. The molecule has 5 nitrogen and oxygen atoms in total. The van der Waals surface area contributed by atoms with Crippen LogP contribution in [-0.4, -0.2) is 56.0 Å². The van der Waals surface area contributed by atoms with E-state index in [4.69, 9.17) is 0 Å². The van der Waals surface area contributed by atoms with E-state index in [9.17, 15) is 9.59 Å². The zero-order valence-electron chi connectivity index (χ0n) is 15.7. The van der Waals surface area contributed by atoms with E-state index in [1.165, 1.54) is 25.8 Å². The Balaban J connectivity index is 1.51. The van der Waals surface area contributed by atoms with Crippen molar-refractivity contribution in [3.8, 4) is 0 Å². The molecule has 4 rings (SSSR count). The van der Waals surface area contributed by atoms with Gasteiger partial charge in [0.05, 0.1) is 6.42 Å². The van der Waals surface area contributed by atoms with Crippen molar-refractivity contribution in [3.05, 3.63) is 71.8 Å². The maximum atomic E-state index is 12.4. The Hall–Kier alpha value is -2.50. The van der Waals surface area contributed by atoms with Gasteiger partial charge in [-0.1, -0.05) is 60.7 Å². The molecule has 2 aliphatic heterocycles. The highest BCUT2D eigenvalue weighted by Crippen LogP contribution is 2.19. The second-order valence-corrected chi connectivity index (χ2v) is 7.62. The molecule has 0 bridgehead atoms. The second kappa shape index (κ2) is 7.62. The molecule has 0 aliphatic carbocycles. The summed E-state index contributed by atoms with van der Waals surface area (Å²) in [6, 6.07) is 21.5. The smallest absolute Gasteiger partial charge is 0.287 e. The van der Waals surface area contributed by atoms with E-state index in [0.717, 1.165) is 26.2 Å². The molecular formula is C22H27N3O2+2. The molecule has 0 radical (unpaired) electrons. The third-order valence-electron chi connectivity index (χ3n) is 6.08. The van der Waals surface area contributed by atoms with Crippen LogP contribution in [0, 0.1) is 0 Å². The first-order valence-electron chi connectivity index (χ1n) is 9.74. The Morgan fingerprint density at radius 3 is 1.81 bits per heavy atom. The minimum Gasteiger partial charge on any atom is -0.316 e. The minimum absolute atomic E-state index is 0.0129. The van der Waals surface area contributed by atoms with Gasteiger partial charge in [-0.2, -0.15) is 0 Å². The maximum Gasteiger partial charge on any atom is 0.287 e. The van der Waals surface area contributed by atoms with Gasteiger partial charge in [0.1, 0.15) is 32.2 Å². The van der Waals surface area contributed by atoms with Crippen LogP contribution in [0.3, 0.4) is 0 Å². The van der Waals surface area contributed by atoms with Gasteiger partial charge in [-0.25, -0.2) is 0 Å². The molecule has 0 unspecified atom stereocenters. The number of likely N-dealkylation sites (N-methyl/N-ethyl adjacent to an activating group) is 1. The number of likely N-dealkylation sites (tertiary alicyclic amines) is 1. The number of benzene rings is 2. The van der Waals surface area contributed by atoms with Crippen LogP contribution in [-0.2, 0) is 9.59 Å². The predicted octanol–water partition coefficient (Wildman–Crippen LogP) is -0.683. The lowest BCUT2D eigenvalue weighted by molar-refractivity contribution is -1.03. The summed E-state index contributed by atoms with van der Waals surface area (Å²) in [6.45, 7) is 3.82. The summed E-state index contributed by atoms with van der Waals surface area (Å²) in [5.41, 5.74) is 2.66. The predicted molar refractivity (Wildman–Crippen MR) is 102 cm³/mol. The Morgan fingerprint density at radius 1 is 0.852 bits per heavy atom. The Bertz CT molecular complexity index is 761. The van der Waals surface area contributed by atoms with E-state index in [0.29, 0.717) is 12.5 Å². The molecule has 140 valence electrons. The topological polar surface area (TPSA) is 46.3 Å². The van der Waals surface area contributed by atoms with Crippen LogP contribution in [0.15, 0.2) is 60.7 Å². The van der Waals surface area contributed by atoms with Crippen LogP contribution in [0.2, 0.25) is 0 Å². The number of nitrogens with one attached hydrogen (secondary N) is 2. The van der Waals surface area contributed by atoms with Gasteiger partial charge >= 0.3 is 0 Å². The first-order valence-corrected chi connectivity index (χ1v) is 9.74. The molecule has 5 heteroatoms. The fourth-order valence-corrected chi connectivity index (χ4v) is 4.56. The van der Waals surface area contributed by atoms with Crippen LogP contribution in [0.1, 0.15) is 23.6 Å². The Morgan fingerprint density at radius 2 is 1.37 bits per heavy atom. The molecule has 1 atom stereocenters. The van der Waals surface area contributed by atoms with Crippen LogP contribution in [0.5, 0.6) is 0 Å². The first kappa shape index (κ1) is 17.9. The van der Waals surface area contributed by atoms with E-state index >= 15 is 0 Å². The van der Waals surface area contributed by atoms with Gasteiger partial charge in [0.25, 0.3) is 5.91 Å². The number of rotatable bonds is 4. The van der Waals surface area contributed by atoms with Crippen LogP contribution < -0.4 is 9.80 Å². The number of quaternary nitrogens is 2. The van der Waals surface area contributed by atoms with E-state index in [-0.39, 0.29) is 17.9 Å². The van der Waals surface area contributed by atoms with E-state index in [2.05, 4.69) is 60.7 Å². The number of imide groups is 1. The Kier molecular flexibility index (Phi) is 5.05. The van der Waals surface area contributed by atoms with Crippen LogP contribution >= 0.6 is 0 Å². The fourth-order valence-electron chi connectivity index (χ4n) is 4.56. The maximum absolute atomic E-state index is 12.4. The second-order valence-electron chi connectivity index (χ2n) is 7.62. The van der Waals surface area contributed by atoms with Crippen molar-refractivity contribution in [2.45, 2.75) is 18.5 Å². The number of carbonyl (C=O) groups is 2. The van der Waals surface area contributed by atoms with Gasteiger partial charge in [0.2, 0.25) is 5.91 Å². The molecule has 2 N–H and O–H groups in total. The third-order valence-corrected chi connectivity index (χ3v) is 6.08. The minimum atomic E-state index is -0.184. The molecule has 2 heterocycles. The largest absolute Gasteiger partial charge is 0.316 e. The molecule has 2 aromatic carbocycles. The lowest BCUT2D eigenvalue weighted by Crippen LogP contribution is -3.30. The highest BCUT2D eigenvalue weighted by Gasteiger charge is 2.45. The summed E-state index contributed by atoms with van der Waals surface area (Å²) in [5, 5.41) is 0. The fraction of sp³-hybridized carbons (Fsp3) is 0.364. The summed E-state index contributed by atoms with van der Waals surface area (Å²) in [5.74, 6) is -0.0557. The van der Waals surface area contributed by atoms with E-state index < -0.39 is 0 Å². The number of hydrogen-bond acceptors (Lipinski definition) is 2. The first-order chi connectivity index (χ1) is 13.1. The lowest BCUT2D eigenvalue weighted by Gasteiger charge is -2.36. The highest BCUT2D eigenvalue weighted by atomic mass is 16.2. The molecule has 27 heavy (non-hydrogen) atoms. The Labute approximate surface area is 160 Å². The van der Waals surface area contributed by atoms with Crippen molar-refractivity contribution in [2.75, 3.05) is 33.2 Å². The van der Waals surface area contributed by atoms with Crippen molar-refractivity contribution >= 4 is 11.8 Å². The number of piperazine rings is 1. The van der Waals surface area contributed by atoms with Gasteiger partial charge in [-0.15, -0.1) is 0 Å². The zero-order chi connectivity index (χ0) is 18.8. The molecule has 0 saturated carbocycles.